The molecule has 0 aliphatic carbocycles. The van der Waals surface area contributed by atoms with Crippen LogP contribution in [0.1, 0.15) is 50.7 Å². The minimum Gasteiger partial charge on any atom is -0.727 e. The van der Waals surface area contributed by atoms with Crippen molar-refractivity contribution < 1.29 is 80.1 Å². The van der Waals surface area contributed by atoms with Crippen LogP contribution >= 0.6 is 0 Å². The molecule has 1 aromatic rings. The maximum Gasteiger partial charge on any atom is 1.00 e. The van der Waals surface area contributed by atoms with E-state index in [0.29, 0.717) is 11.8 Å². The van der Waals surface area contributed by atoms with E-state index in [2.05, 4.69) is 52.0 Å². The molecule has 0 saturated heterocycles. The zero-order chi connectivity index (χ0) is 13.1. The predicted octanol–water partition coefficient (Wildman–Crippen LogP) is -4.42. The molecule has 0 heterocycles. The van der Waals surface area contributed by atoms with Crippen molar-refractivity contribution in [3.05, 3.63) is 35.4 Å². The maximum atomic E-state index is 7.25. The van der Waals surface area contributed by atoms with Crippen LogP contribution in [-0.4, -0.2) is 10.5 Å². The van der Waals surface area contributed by atoms with Crippen LogP contribution < -0.4 is 69.6 Å². The Kier molecular flexibility index (Phi) is 27.5. The maximum absolute atomic E-state index is 7.25. The molecule has 0 radical (unpaired) electrons. The molecule has 0 saturated carbocycles. The molecule has 0 aliphatic rings. The molecule has 18 heavy (non-hydrogen) atoms. The van der Waals surface area contributed by atoms with Gasteiger partial charge < -0.3 is 21.0 Å². The normalized spacial score (nSPS) is 8.11. The molecule has 6 heteroatoms. The first-order valence-corrected chi connectivity index (χ1v) is 5.07. The second-order valence-corrected chi connectivity index (χ2v) is 3.98. The summed E-state index contributed by atoms with van der Waals surface area (Å²) < 4.78 is 0. The molecule has 0 atom stereocenters. The second-order valence-electron chi connectivity index (χ2n) is 3.98. The minimum absolute atomic E-state index is 0. The van der Waals surface area contributed by atoms with Crippen LogP contribution in [0, 0.1) is 0 Å². The van der Waals surface area contributed by atoms with Crippen LogP contribution in [0.15, 0.2) is 24.3 Å². The third-order valence-electron chi connectivity index (χ3n) is 2.27. The van der Waals surface area contributed by atoms with E-state index in [1.54, 1.807) is 0 Å². The number of rotatable bonds is 2. The van der Waals surface area contributed by atoms with Gasteiger partial charge in [-0.1, -0.05) is 52.0 Å². The monoisotopic (exact) mass is 274 g/mol. The predicted molar refractivity (Wildman–Crippen MR) is 59.9 cm³/mol. The Bertz CT molecular complexity index is 224. The van der Waals surface area contributed by atoms with E-state index in [1.807, 2.05) is 0 Å². The summed E-state index contributed by atoms with van der Waals surface area (Å²) in [5, 5.41) is 26.0. The molecule has 0 bridgehead atoms. The average molecular weight is 274 g/mol. The van der Waals surface area contributed by atoms with Gasteiger partial charge in [0.25, 0.3) is 0 Å². The molecule has 0 aromatic heterocycles. The van der Waals surface area contributed by atoms with Gasteiger partial charge in [-0.05, 0) is 23.0 Å². The fourth-order valence-electron chi connectivity index (χ4n) is 1.27. The van der Waals surface area contributed by atoms with Gasteiger partial charge in [0.15, 0.2) is 0 Å². The van der Waals surface area contributed by atoms with Gasteiger partial charge in [0.2, 0.25) is 0 Å². The van der Waals surface area contributed by atoms with Crippen LogP contribution in [0.5, 0.6) is 0 Å². The summed E-state index contributed by atoms with van der Waals surface area (Å²) >= 11 is 0. The van der Waals surface area contributed by atoms with E-state index in [1.165, 1.54) is 11.1 Å². The summed E-state index contributed by atoms with van der Waals surface area (Å²) in [7, 11) is 0. The van der Waals surface area contributed by atoms with Crippen molar-refractivity contribution in [1.29, 1.82) is 0 Å². The molecule has 0 unspecified atom stereocenters. The van der Waals surface area contributed by atoms with Gasteiger partial charge in [0.05, 0.1) is 0 Å². The van der Waals surface area contributed by atoms with E-state index >= 15 is 0 Å². The first-order chi connectivity index (χ1) is 7.61. The standard InChI is InChI=1S/C12H18.2Na.2H2O2/c1-9(2)11-5-7-12(8-6-11)10(3)4;;;2*1-2/h5-10H,1-4H3;;;2*1-2H/q;2*+1;;/p-2. The Morgan fingerprint density at radius 3 is 0.944 bits per heavy atom. The largest absolute Gasteiger partial charge is 1.00 e. The average Bonchev–Trinajstić information content (AvgIpc) is 2.34. The van der Waals surface area contributed by atoms with Crippen LogP contribution in [0.3, 0.4) is 0 Å². The van der Waals surface area contributed by atoms with Crippen molar-refractivity contribution >= 4 is 0 Å². The zero-order valence-electron chi connectivity index (χ0n) is 12.2. The van der Waals surface area contributed by atoms with Crippen LogP contribution in [0.4, 0.5) is 0 Å². The van der Waals surface area contributed by atoms with Crippen molar-refractivity contribution in [3.63, 3.8) is 0 Å². The summed E-state index contributed by atoms with van der Waals surface area (Å²) in [6, 6.07) is 8.94. The molecule has 0 amide bonds. The third kappa shape index (κ3) is 12.1. The van der Waals surface area contributed by atoms with Gasteiger partial charge in [0.1, 0.15) is 0 Å². The first kappa shape index (κ1) is 27.4. The molecule has 2 N–H and O–H groups in total. The van der Waals surface area contributed by atoms with Gasteiger partial charge in [-0.25, -0.2) is 0 Å². The van der Waals surface area contributed by atoms with Crippen LogP contribution in [-0.2, 0) is 0 Å². The fraction of sp³-hybridized carbons (Fsp3) is 0.500. The Morgan fingerprint density at radius 2 is 0.833 bits per heavy atom. The number of hydrogen-bond acceptors (Lipinski definition) is 4. The summed E-state index contributed by atoms with van der Waals surface area (Å²) in [5.74, 6) is 1.29. The molecule has 0 spiro atoms. The molecule has 1 rings (SSSR count). The van der Waals surface area contributed by atoms with E-state index in [4.69, 9.17) is 21.0 Å². The van der Waals surface area contributed by atoms with Crippen LogP contribution in [0.25, 0.3) is 0 Å². The van der Waals surface area contributed by atoms with Crippen molar-refractivity contribution in [2.24, 2.45) is 0 Å². The summed E-state index contributed by atoms with van der Waals surface area (Å²) in [5.41, 5.74) is 2.86. The number of hydrogen-bond donors (Lipinski definition) is 2. The van der Waals surface area contributed by atoms with E-state index in [0.717, 1.165) is 0 Å². The Hall–Kier alpha value is 1.06. The van der Waals surface area contributed by atoms with Crippen molar-refractivity contribution in [2.45, 2.75) is 39.5 Å². The Morgan fingerprint density at radius 1 is 0.667 bits per heavy atom. The van der Waals surface area contributed by atoms with Gasteiger partial charge in [-0.2, -0.15) is 0 Å². The topological polar surface area (TPSA) is 86.6 Å². The quantitative estimate of drug-likeness (QED) is 0.324. The van der Waals surface area contributed by atoms with Gasteiger partial charge >= 0.3 is 59.1 Å². The Labute approximate surface area is 153 Å². The summed E-state index contributed by atoms with van der Waals surface area (Å²) in [6.07, 6.45) is 0. The fourth-order valence-corrected chi connectivity index (χ4v) is 1.27. The second kappa shape index (κ2) is 18.1. The minimum atomic E-state index is 0. The molecule has 4 nitrogen and oxygen atoms in total. The molecule has 0 aliphatic heterocycles. The summed E-state index contributed by atoms with van der Waals surface area (Å²) in [6.45, 7) is 8.91. The first-order valence-electron chi connectivity index (χ1n) is 5.07. The third-order valence-corrected chi connectivity index (χ3v) is 2.27. The van der Waals surface area contributed by atoms with Gasteiger partial charge in [-0.15, -0.1) is 0 Å². The van der Waals surface area contributed by atoms with E-state index in [9.17, 15) is 0 Å². The van der Waals surface area contributed by atoms with E-state index < -0.39 is 0 Å². The smallest absolute Gasteiger partial charge is 0.727 e. The Balaban J connectivity index is -0.000000149. The molecule has 0 fully saturated rings. The van der Waals surface area contributed by atoms with Crippen molar-refractivity contribution in [1.82, 2.24) is 0 Å². The van der Waals surface area contributed by atoms with E-state index in [-0.39, 0.29) is 59.1 Å². The van der Waals surface area contributed by atoms with Gasteiger partial charge in [0, 0.05) is 0 Å². The summed E-state index contributed by atoms with van der Waals surface area (Å²) in [4.78, 5) is 0. The van der Waals surface area contributed by atoms with Crippen molar-refractivity contribution in [3.8, 4) is 0 Å². The zero-order valence-corrected chi connectivity index (χ0v) is 16.2. The van der Waals surface area contributed by atoms with Gasteiger partial charge in [-0.3, -0.25) is 0 Å². The van der Waals surface area contributed by atoms with Crippen LogP contribution in [0.2, 0.25) is 0 Å². The molecule has 1 aromatic carbocycles. The van der Waals surface area contributed by atoms with Crippen molar-refractivity contribution in [2.75, 3.05) is 0 Å². The molecular weight excluding hydrogens is 254 g/mol. The number of benzene rings is 1. The SMILES string of the molecule is CC(C)c1ccc(C(C)C)cc1.[Na+].[Na+].[O-]O.[O-]O. The molecule has 94 valence electrons. The molecular formula is C12H20Na2O4.